The molecule has 7 heteroatoms. The molecular formula is C22H20FN3O2S. The van der Waals surface area contributed by atoms with Gasteiger partial charge >= 0.3 is 0 Å². The maximum absolute atomic E-state index is 14.2. The standard InChI is InChI=1S/C22H20FN3O2S/c1-13-7-8-15(9-14(13)2)25-21(28)12-29-22-18(11-24)17(10-20(27)26-22)16-5-3-4-6-19(16)23/h3-9,17H,10,12H2,1-2H3,(H,25,28)(H,26,27)/t17-/m1/s1. The van der Waals surface area contributed by atoms with Gasteiger partial charge in [0.2, 0.25) is 11.8 Å². The fourth-order valence-corrected chi connectivity index (χ4v) is 3.99. The Morgan fingerprint density at radius 3 is 2.72 bits per heavy atom. The Labute approximate surface area is 173 Å². The molecule has 0 aromatic heterocycles. The van der Waals surface area contributed by atoms with Crippen LogP contribution in [0.2, 0.25) is 0 Å². The molecule has 1 heterocycles. The number of carbonyl (C=O) groups is 2. The predicted molar refractivity (Wildman–Crippen MR) is 112 cm³/mol. The van der Waals surface area contributed by atoms with E-state index in [2.05, 4.69) is 16.7 Å². The van der Waals surface area contributed by atoms with Gasteiger partial charge in [-0.15, -0.1) is 0 Å². The second-order valence-corrected chi connectivity index (χ2v) is 7.80. The Hall–Kier alpha value is -3.11. The lowest BCUT2D eigenvalue weighted by molar-refractivity contribution is -0.121. The summed E-state index contributed by atoms with van der Waals surface area (Å²) in [6.07, 6.45) is -0.0112. The van der Waals surface area contributed by atoms with Crippen LogP contribution in [0.3, 0.4) is 0 Å². The lowest BCUT2D eigenvalue weighted by Gasteiger charge is -2.25. The summed E-state index contributed by atoms with van der Waals surface area (Å²) in [6.45, 7) is 3.95. The van der Waals surface area contributed by atoms with Crippen LogP contribution in [0.15, 0.2) is 53.1 Å². The molecule has 1 atom stereocenters. The van der Waals surface area contributed by atoms with E-state index in [1.54, 1.807) is 18.2 Å². The number of benzene rings is 2. The number of anilines is 1. The summed E-state index contributed by atoms with van der Waals surface area (Å²) in [5.74, 6) is -1.69. The van der Waals surface area contributed by atoms with Gasteiger partial charge < -0.3 is 10.6 Å². The quantitative estimate of drug-likeness (QED) is 0.777. The zero-order valence-electron chi connectivity index (χ0n) is 16.1. The molecule has 0 saturated carbocycles. The summed E-state index contributed by atoms with van der Waals surface area (Å²) in [5, 5.41) is 15.4. The number of nitrogens with zero attached hydrogens (tertiary/aromatic N) is 1. The van der Waals surface area contributed by atoms with Crippen molar-refractivity contribution in [2.24, 2.45) is 0 Å². The van der Waals surface area contributed by atoms with Crippen LogP contribution >= 0.6 is 11.8 Å². The molecule has 0 radical (unpaired) electrons. The van der Waals surface area contributed by atoms with Crippen molar-refractivity contribution in [2.75, 3.05) is 11.1 Å². The van der Waals surface area contributed by atoms with Crippen LogP contribution in [0.25, 0.3) is 0 Å². The predicted octanol–water partition coefficient (Wildman–Crippen LogP) is 4.15. The molecule has 29 heavy (non-hydrogen) atoms. The molecule has 1 aliphatic heterocycles. The van der Waals surface area contributed by atoms with E-state index in [0.717, 1.165) is 22.9 Å². The Kier molecular flexibility index (Phi) is 6.35. The van der Waals surface area contributed by atoms with E-state index >= 15 is 0 Å². The van der Waals surface area contributed by atoms with Gasteiger partial charge in [-0.3, -0.25) is 9.59 Å². The van der Waals surface area contributed by atoms with Crippen molar-refractivity contribution in [3.05, 3.63) is 75.6 Å². The van der Waals surface area contributed by atoms with E-state index in [-0.39, 0.29) is 29.6 Å². The fraction of sp³-hybridized carbons (Fsp3) is 0.227. The van der Waals surface area contributed by atoms with Crippen LogP contribution < -0.4 is 10.6 Å². The number of carbonyl (C=O) groups excluding carboxylic acids is 2. The number of hydrogen-bond acceptors (Lipinski definition) is 4. The van der Waals surface area contributed by atoms with Gasteiger partial charge in [0.25, 0.3) is 0 Å². The van der Waals surface area contributed by atoms with Gasteiger partial charge in [-0.25, -0.2) is 4.39 Å². The Bertz CT molecular complexity index is 1040. The van der Waals surface area contributed by atoms with Crippen LogP contribution in [-0.2, 0) is 9.59 Å². The Balaban J connectivity index is 1.76. The van der Waals surface area contributed by atoms with Gasteiger partial charge in [0, 0.05) is 18.0 Å². The highest BCUT2D eigenvalue weighted by molar-refractivity contribution is 8.03. The first-order chi connectivity index (χ1) is 13.9. The van der Waals surface area contributed by atoms with Crippen molar-refractivity contribution in [3.63, 3.8) is 0 Å². The second kappa shape index (κ2) is 8.93. The third kappa shape index (κ3) is 4.84. The molecule has 2 amide bonds. The van der Waals surface area contributed by atoms with Crippen LogP contribution in [0.1, 0.15) is 29.0 Å². The Morgan fingerprint density at radius 2 is 2.03 bits per heavy atom. The van der Waals surface area contributed by atoms with Crippen LogP contribution in [-0.4, -0.2) is 17.6 Å². The number of hydrogen-bond donors (Lipinski definition) is 2. The summed E-state index contributed by atoms with van der Waals surface area (Å²) in [7, 11) is 0. The average molecular weight is 409 g/mol. The number of halogens is 1. The van der Waals surface area contributed by atoms with Gasteiger partial charge in [0.05, 0.1) is 22.4 Å². The third-order valence-electron chi connectivity index (χ3n) is 4.77. The number of nitrogens with one attached hydrogen (secondary N) is 2. The van der Waals surface area contributed by atoms with E-state index in [9.17, 15) is 19.2 Å². The SMILES string of the molecule is Cc1ccc(NC(=O)CSC2=C(C#N)[C@@H](c3ccccc3F)CC(=O)N2)cc1C. The van der Waals surface area contributed by atoms with Crippen molar-refractivity contribution < 1.29 is 14.0 Å². The highest BCUT2D eigenvalue weighted by Crippen LogP contribution is 2.36. The second-order valence-electron chi connectivity index (χ2n) is 6.82. The summed E-state index contributed by atoms with van der Waals surface area (Å²) in [4.78, 5) is 24.5. The zero-order valence-corrected chi connectivity index (χ0v) is 16.9. The molecule has 0 unspecified atom stereocenters. The summed E-state index contributed by atoms with van der Waals surface area (Å²) >= 11 is 1.06. The maximum Gasteiger partial charge on any atom is 0.234 e. The van der Waals surface area contributed by atoms with Gasteiger partial charge in [0.1, 0.15) is 5.82 Å². The van der Waals surface area contributed by atoms with E-state index in [0.29, 0.717) is 16.3 Å². The number of nitriles is 1. The monoisotopic (exact) mass is 409 g/mol. The molecule has 0 aliphatic carbocycles. The average Bonchev–Trinajstić information content (AvgIpc) is 2.69. The van der Waals surface area contributed by atoms with Crippen LogP contribution in [0.5, 0.6) is 0 Å². The molecule has 0 saturated heterocycles. The van der Waals surface area contributed by atoms with Crippen molar-refractivity contribution in [3.8, 4) is 6.07 Å². The smallest absolute Gasteiger partial charge is 0.234 e. The molecular weight excluding hydrogens is 389 g/mol. The summed E-state index contributed by atoms with van der Waals surface area (Å²) < 4.78 is 14.2. The summed E-state index contributed by atoms with van der Waals surface area (Å²) in [5.41, 5.74) is 3.45. The normalized spacial score (nSPS) is 16.2. The highest BCUT2D eigenvalue weighted by atomic mass is 32.2. The van der Waals surface area contributed by atoms with Crippen LogP contribution in [0.4, 0.5) is 10.1 Å². The van der Waals surface area contributed by atoms with Crippen molar-refractivity contribution in [1.29, 1.82) is 5.26 Å². The molecule has 3 rings (SSSR count). The number of allylic oxidation sites excluding steroid dienone is 1. The topological polar surface area (TPSA) is 82.0 Å². The first-order valence-corrected chi connectivity index (χ1v) is 10.1. The largest absolute Gasteiger partial charge is 0.325 e. The van der Waals surface area contributed by atoms with E-state index in [1.165, 1.54) is 6.07 Å². The zero-order chi connectivity index (χ0) is 21.0. The molecule has 1 aliphatic rings. The minimum Gasteiger partial charge on any atom is -0.325 e. The lowest BCUT2D eigenvalue weighted by atomic mass is 9.87. The number of amides is 2. The van der Waals surface area contributed by atoms with Gasteiger partial charge in [0.15, 0.2) is 0 Å². The number of thioether (sulfide) groups is 1. The molecule has 2 aromatic carbocycles. The molecule has 2 aromatic rings. The first-order valence-electron chi connectivity index (χ1n) is 9.07. The van der Waals surface area contributed by atoms with Gasteiger partial charge in [-0.2, -0.15) is 5.26 Å². The van der Waals surface area contributed by atoms with Crippen LogP contribution in [0, 0.1) is 31.0 Å². The highest BCUT2D eigenvalue weighted by Gasteiger charge is 2.31. The maximum atomic E-state index is 14.2. The fourth-order valence-electron chi connectivity index (χ4n) is 3.11. The molecule has 0 bridgehead atoms. The van der Waals surface area contributed by atoms with Gasteiger partial charge in [-0.1, -0.05) is 36.0 Å². The molecule has 148 valence electrons. The Morgan fingerprint density at radius 1 is 1.28 bits per heavy atom. The third-order valence-corrected chi connectivity index (χ3v) is 5.79. The van der Waals surface area contributed by atoms with E-state index < -0.39 is 11.7 Å². The van der Waals surface area contributed by atoms with Crippen molar-refractivity contribution in [1.82, 2.24) is 5.32 Å². The molecule has 2 N–H and O–H groups in total. The van der Waals surface area contributed by atoms with Crippen molar-refractivity contribution >= 4 is 29.3 Å². The minimum absolute atomic E-state index is 0.0112. The number of aryl methyl sites for hydroxylation is 2. The van der Waals surface area contributed by atoms with Crippen molar-refractivity contribution in [2.45, 2.75) is 26.2 Å². The molecule has 5 nitrogen and oxygen atoms in total. The summed E-state index contributed by atoms with van der Waals surface area (Å²) in [6, 6.07) is 13.8. The number of rotatable bonds is 5. The molecule has 0 fully saturated rings. The first kappa shape index (κ1) is 20.6. The van der Waals surface area contributed by atoms with Gasteiger partial charge in [-0.05, 0) is 48.7 Å². The minimum atomic E-state index is -0.666. The molecule has 0 spiro atoms. The lowest BCUT2D eigenvalue weighted by Crippen LogP contribution is -2.31. The van der Waals surface area contributed by atoms with E-state index in [1.807, 2.05) is 32.0 Å². The van der Waals surface area contributed by atoms with E-state index in [4.69, 9.17) is 0 Å².